The van der Waals surface area contributed by atoms with E-state index in [2.05, 4.69) is 15.2 Å². The molecule has 6 nitrogen and oxygen atoms in total. The smallest absolute Gasteiger partial charge is 0.238 e. The summed E-state index contributed by atoms with van der Waals surface area (Å²) in [4.78, 5) is 16.3. The van der Waals surface area contributed by atoms with Crippen molar-refractivity contribution in [3.05, 3.63) is 42.5 Å². The van der Waals surface area contributed by atoms with Crippen molar-refractivity contribution in [2.24, 2.45) is 0 Å². The zero-order valence-electron chi connectivity index (χ0n) is 9.50. The number of carbonyl (C=O) groups is 1. The number of aromatic nitrogens is 4. The van der Waals surface area contributed by atoms with Crippen molar-refractivity contribution in [3.8, 4) is 0 Å². The second kappa shape index (κ2) is 3.99. The molecule has 0 amide bonds. The lowest BCUT2D eigenvalue weighted by Crippen LogP contribution is -2.12. The first-order valence-electron chi connectivity index (χ1n) is 5.48. The van der Waals surface area contributed by atoms with Crippen LogP contribution in [-0.2, 0) is 6.42 Å². The summed E-state index contributed by atoms with van der Waals surface area (Å²) in [7, 11) is 0. The third kappa shape index (κ3) is 1.64. The number of fused-ring (bicyclic) bond motifs is 1. The molecule has 0 saturated heterocycles. The van der Waals surface area contributed by atoms with E-state index in [-0.39, 0.29) is 12.3 Å². The largest absolute Gasteiger partial charge is 0.397 e. The van der Waals surface area contributed by atoms with Gasteiger partial charge < -0.3 is 5.73 Å². The Bertz CT molecular complexity index is 698. The van der Waals surface area contributed by atoms with E-state index >= 15 is 0 Å². The fourth-order valence-corrected chi connectivity index (χ4v) is 1.89. The number of nitrogens with one attached hydrogen (secondary N) is 1. The van der Waals surface area contributed by atoms with Gasteiger partial charge in [-0.05, 0) is 18.2 Å². The zero-order chi connectivity index (χ0) is 12.5. The normalized spacial score (nSPS) is 10.9. The standard InChI is InChI=1S/C12H11N5O/c13-9-2-1-3-10-12(9)14-7-17(10)11(18)6-8-4-5-15-16-8/h1-5,7H,6,13H2,(H,15,16). The maximum Gasteiger partial charge on any atom is 0.238 e. The number of H-pyrrole nitrogens is 1. The van der Waals surface area contributed by atoms with Crippen LogP contribution in [0.3, 0.4) is 0 Å². The lowest BCUT2D eigenvalue weighted by molar-refractivity contribution is 0.0917. The number of imidazole rings is 1. The first kappa shape index (κ1) is 10.5. The number of benzene rings is 1. The average molecular weight is 241 g/mol. The van der Waals surface area contributed by atoms with Crippen molar-refractivity contribution in [1.29, 1.82) is 0 Å². The molecule has 0 saturated carbocycles. The van der Waals surface area contributed by atoms with Crippen molar-refractivity contribution in [1.82, 2.24) is 19.7 Å². The van der Waals surface area contributed by atoms with Gasteiger partial charge >= 0.3 is 0 Å². The molecule has 2 aromatic heterocycles. The number of rotatable bonds is 2. The van der Waals surface area contributed by atoms with E-state index in [0.29, 0.717) is 11.2 Å². The van der Waals surface area contributed by atoms with Crippen LogP contribution in [0.2, 0.25) is 0 Å². The van der Waals surface area contributed by atoms with Crippen molar-refractivity contribution < 1.29 is 4.79 Å². The van der Waals surface area contributed by atoms with E-state index in [0.717, 1.165) is 11.2 Å². The van der Waals surface area contributed by atoms with Crippen molar-refractivity contribution >= 4 is 22.6 Å². The molecular weight excluding hydrogens is 230 g/mol. The summed E-state index contributed by atoms with van der Waals surface area (Å²) in [5.41, 5.74) is 8.51. The van der Waals surface area contributed by atoms with Gasteiger partial charge in [-0.1, -0.05) is 6.07 Å². The van der Waals surface area contributed by atoms with Crippen LogP contribution < -0.4 is 5.73 Å². The summed E-state index contributed by atoms with van der Waals surface area (Å²) in [5.74, 6) is -0.0765. The number of carbonyl (C=O) groups excluding carboxylic acids is 1. The highest BCUT2D eigenvalue weighted by molar-refractivity contribution is 5.95. The molecule has 0 aliphatic carbocycles. The highest BCUT2D eigenvalue weighted by Gasteiger charge is 2.12. The van der Waals surface area contributed by atoms with Gasteiger partial charge in [0.05, 0.1) is 17.6 Å². The molecule has 2 heterocycles. The maximum absolute atomic E-state index is 12.1. The van der Waals surface area contributed by atoms with Gasteiger partial charge in [0.25, 0.3) is 0 Å². The summed E-state index contributed by atoms with van der Waals surface area (Å²) >= 11 is 0. The SMILES string of the molecule is Nc1cccc2c1ncn2C(=O)Cc1ccn[nH]1. The summed E-state index contributed by atoms with van der Waals surface area (Å²) < 4.78 is 1.51. The molecule has 0 radical (unpaired) electrons. The average Bonchev–Trinajstić information content (AvgIpc) is 2.98. The Balaban J connectivity index is 1.99. The number of nitrogens with zero attached hydrogens (tertiary/aromatic N) is 3. The minimum atomic E-state index is -0.0765. The van der Waals surface area contributed by atoms with Gasteiger partial charge in [0.15, 0.2) is 0 Å². The van der Waals surface area contributed by atoms with Gasteiger partial charge in [0.2, 0.25) is 5.91 Å². The van der Waals surface area contributed by atoms with Crippen molar-refractivity contribution in [2.45, 2.75) is 6.42 Å². The van der Waals surface area contributed by atoms with E-state index < -0.39 is 0 Å². The molecule has 0 aliphatic heterocycles. The van der Waals surface area contributed by atoms with E-state index in [1.54, 1.807) is 24.4 Å². The molecule has 6 heteroatoms. The monoisotopic (exact) mass is 241 g/mol. The van der Waals surface area contributed by atoms with E-state index in [9.17, 15) is 4.79 Å². The van der Waals surface area contributed by atoms with E-state index in [4.69, 9.17) is 5.73 Å². The fraction of sp³-hybridized carbons (Fsp3) is 0.0833. The molecule has 0 unspecified atom stereocenters. The summed E-state index contributed by atoms with van der Waals surface area (Å²) in [6.45, 7) is 0. The number of para-hydroxylation sites is 1. The Morgan fingerprint density at radius 2 is 2.28 bits per heavy atom. The van der Waals surface area contributed by atoms with Crippen molar-refractivity contribution in [2.75, 3.05) is 5.73 Å². The Kier molecular flexibility index (Phi) is 2.33. The molecule has 18 heavy (non-hydrogen) atoms. The maximum atomic E-state index is 12.1. The molecule has 0 bridgehead atoms. The Labute approximate surface area is 102 Å². The summed E-state index contributed by atoms with van der Waals surface area (Å²) in [6.07, 6.45) is 3.37. The molecule has 3 aromatic rings. The number of hydrogen-bond donors (Lipinski definition) is 2. The first-order valence-corrected chi connectivity index (χ1v) is 5.48. The predicted molar refractivity (Wildman–Crippen MR) is 67.1 cm³/mol. The summed E-state index contributed by atoms with van der Waals surface area (Å²) in [5, 5.41) is 6.57. The number of nitrogen functional groups attached to an aromatic ring is 1. The molecule has 0 spiro atoms. The van der Waals surface area contributed by atoms with Crippen LogP contribution in [0.4, 0.5) is 5.69 Å². The second-order valence-corrected chi connectivity index (χ2v) is 3.98. The van der Waals surface area contributed by atoms with Gasteiger partial charge in [0, 0.05) is 11.9 Å². The quantitative estimate of drug-likeness (QED) is 0.660. The Morgan fingerprint density at radius 3 is 3.06 bits per heavy atom. The minimum Gasteiger partial charge on any atom is -0.397 e. The zero-order valence-corrected chi connectivity index (χ0v) is 9.50. The topological polar surface area (TPSA) is 89.6 Å². The molecule has 90 valence electrons. The number of hydrogen-bond acceptors (Lipinski definition) is 4. The third-order valence-corrected chi connectivity index (χ3v) is 2.78. The van der Waals surface area contributed by atoms with E-state index in [1.807, 2.05) is 6.07 Å². The molecule has 0 aliphatic rings. The van der Waals surface area contributed by atoms with Gasteiger partial charge in [-0.25, -0.2) is 4.98 Å². The number of aromatic amines is 1. The Hall–Kier alpha value is -2.63. The highest BCUT2D eigenvalue weighted by Crippen LogP contribution is 2.19. The molecule has 3 N–H and O–H groups in total. The van der Waals surface area contributed by atoms with Crippen molar-refractivity contribution in [3.63, 3.8) is 0 Å². The number of nitrogens with two attached hydrogens (primary N) is 1. The summed E-state index contributed by atoms with van der Waals surface area (Å²) in [6, 6.07) is 7.16. The Morgan fingerprint density at radius 1 is 1.39 bits per heavy atom. The lowest BCUT2D eigenvalue weighted by Gasteiger charge is -2.02. The predicted octanol–water partition coefficient (Wildman–Crippen LogP) is 1.22. The lowest BCUT2D eigenvalue weighted by atomic mass is 10.2. The van der Waals surface area contributed by atoms with Gasteiger partial charge in [0.1, 0.15) is 11.8 Å². The third-order valence-electron chi connectivity index (χ3n) is 2.78. The van der Waals surface area contributed by atoms with Crippen LogP contribution in [0.5, 0.6) is 0 Å². The van der Waals surface area contributed by atoms with Crippen LogP contribution in [0.15, 0.2) is 36.8 Å². The molecule has 0 atom stereocenters. The first-order chi connectivity index (χ1) is 8.75. The number of anilines is 1. The molecule has 0 fully saturated rings. The van der Waals surface area contributed by atoms with Gasteiger partial charge in [-0.2, -0.15) is 5.10 Å². The molecule has 1 aromatic carbocycles. The molecule has 3 rings (SSSR count). The van der Waals surface area contributed by atoms with Crippen LogP contribution in [0.25, 0.3) is 11.0 Å². The highest BCUT2D eigenvalue weighted by atomic mass is 16.2. The minimum absolute atomic E-state index is 0.0765. The van der Waals surface area contributed by atoms with Crippen LogP contribution >= 0.6 is 0 Å². The molecular formula is C12H11N5O. The van der Waals surface area contributed by atoms with Crippen LogP contribution in [-0.4, -0.2) is 25.7 Å². The van der Waals surface area contributed by atoms with Crippen LogP contribution in [0, 0.1) is 0 Å². The van der Waals surface area contributed by atoms with Crippen LogP contribution in [0.1, 0.15) is 10.5 Å². The van der Waals surface area contributed by atoms with Gasteiger partial charge in [-0.15, -0.1) is 0 Å². The second-order valence-electron chi connectivity index (χ2n) is 3.98. The fourth-order valence-electron chi connectivity index (χ4n) is 1.89. The van der Waals surface area contributed by atoms with Gasteiger partial charge in [-0.3, -0.25) is 14.5 Å². The van der Waals surface area contributed by atoms with E-state index in [1.165, 1.54) is 10.9 Å².